The SMILES string of the molecule is Cc1cc(Cl)cc2sc(N(Cc3ccncc3)C(=O)c3cccc(Oc4ccccc4)c3)nc12. The van der Waals surface area contributed by atoms with Crippen molar-refractivity contribution >= 4 is 44.2 Å². The smallest absolute Gasteiger partial charge is 0.260 e. The molecule has 0 saturated heterocycles. The second kappa shape index (κ2) is 9.63. The fourth-order valence-corrected chi connectivity index (χ4v) is 5.05. The fraction of sp³-hybridized carbons (Fsp3) is 0.0741. The number of amides is 1. The van der Waals surface area contributed by atoms with Crippen molar-refractivity contribution in [2.24, 2.45) is 0 Å². The van der Waals surface area contributed by atoms with E-state index in [1.807, 2.05) is 73.7 Å². The summed E-state index contributed by atoms with van der Waals surface area (Å²) >= 11 is 7.71. The Morgan fingerprint density at radius 3 is 2.53 bits per heavy atom. The summed E-state index contributed by atoms with van der Waals surface area (Å²) in [4.78, 5) is 24.4. The third-order valence-electron chi connectivity index (χ3n) is 5.26. The van der Waals surface area contributed by atoms with E-state index in [1.165, 1.54) is 11.3 Å². The van der Waals surface area contributed by atoms with Gasteiger partial charge in [-0.2, -0.15) is 0 Å². The van der Waals surface area contributed by atoms with E-state index in [9.17, 15) is 4.79 Å². The Balaban J connectivity index is 1.52. The molecule has 0 unspecified atom stereocenters. The number of para-hydroxylation sites is 1. The zero-order valence-electron chi connectivity index (χ0n) is 18.3. The molecule has 0 bridgehead atoms. The predicted molar refractivity (Wildman–Crippen MR) is 137 cm³/mol. The number of carbonyl (C=O) groups is 1. The maximum Gasteiger partial charge on any atom is 0.260 e. The van der Waals surface area contributed by atoms with Crippen LogP contribution in [0.3, 0.4) is 0 Å². The third kappa shape index (κ3) is 4.78. The number of benzene rings is 3. The number of aromatic nitrogens is 2. The Hall–Kier alpha value is -3.74. The van der Waals surface area contributed by atoms with E-state index in [0.29, 0.717) is 33.8 Å². The van der Waals surface area contributed by atoms with Gasteiger partial charge in [-0.25, -0.2) is 4.98 Å². The number of hydrogen-bond acceptors (Lipinski definition) is 5. The van der Waals surface area contributed by atoms with Crippen molar-refractivity contribution in [2.75, 3.05) is 4.90 Å². The minimum Gasteiger partial charge on any atom is -0.457 e. The minimum absolute atomic E-state index is 0.168. The maximum absolute atomic E-state index is 13.8. The van der Waals surface area contributed by atoms with Gasteiger partial charge in [-0.1, -0.05) is 47.2 Å². The van der Waals surface area contributed by atoms with Crippen LogP contribution in [0, 0.1) is 6.92 Å². The van der Waals surface area contributed by atoms with E-state index in [0.717, 1.165) is 21.3 Å². The Morgan fingerprint density at radius 1 is 0.971 bits per heavy atom. The van der Waals surface area contributed by atoms with E-state index >= 15 is 0 Å². The van der Waals surface area contributed by atoms with Crippen LogP contribution < -0.4 is 9.64 Å². The molecular formula is C27H20ClN3O2S. The monoisotopic (exact) mass is 485 g/mol. The molecule has 0 aliphatic rings. The highest BCUT2D eigenvalue weighted by Crippen LogP contribution is 2.34. The van der Waals surface area contributed by atoms with Gasteiger partial charge in [-0.3, -0.25) is 14.7 Å². The molecule has 5 nitrogen and oxygen atoms in total. The number of carbonyl (C=O) groups excluding carboxylic acids is 1. The zero-order chi connectivity index (χ0) is 23.5. The summed E-state index contributed by atoms with van der Waals surface area (Å²) in [5.41, 5.74) is 3.28. The van der Waals surface area contributed by atoms with Crippen LogP contribution in [-0.4, -0.2) is 15.9 Å². The van der Waals surface area contributed by atoms with Crippen LogP contribution in [-0.2, 0) is 6.54 Å². The van der Waals surface area contributed by atoms with Crippen molar-refractivity contribution in [1.29, 1.82) is 0 Å². The Labute approximate surface area is 206 Å². The van der Waals surface area contributed by atoms with Crippen molar-refractivity contribution in [3.63, 3.8) is 0 Å². The Kier molecular flexibility index (Phi) is 6.25. The minimum atomic E-state index is -0.168. The number of fused-ring (bicyclic) bond motifs is 1. The molecule has 1 amide bonds. The first-order valence-corrected chi connectivity index (χ1v) is 11.9. The second-order valence-electron chi connectivity index (χ2n) is 7.76. The van der Waals surface area contributed by atoms with Gasteiger partial charge in [0.25, 0.3) is 5.91 Å². The molecule has 2 heterocycles. The normalized spacial score (nSPS) is 10.9. The van der Waals surface area contributed by atoms with E-state index in [2.05, 4.69) is 4.98 Å². The van der Waals surface area contributed by atoms with Crippen molar-refractivity contribution in [3.8, 4) is 11.5 Å². The summed E-state index contributed by atoms with van der Waals surface area (Å²) in [5, 5.41) is 1.26. The van der Waals surface area contributed by atoms with Crippen molar-refractivity contribution < 1.29 is 9.53 Å². The van der Waals surface area contributed by atoms with Gasteiger partial charge in [0.1, 0.15) is 11.5 Å². The average Bonchev–Trinajstić information content (AvgIpc) is 3.28. The molecule has 0 atom stereocenters. The van der Waals surface area contributed by atoms with Gasteiger partial charge in [-0.15, -0.1) is 0 Å². The number of rotatable bonds is 6. The van der Waals surface area contributed by atoms with Gasteiger partial charge in [0, 0.05) is 23.0 Å². The number of hydrogen-bond donors (Lipinski definition) is 0. The Bertz CT molecular complexity index is 1460. The molecule has 0 N–H and O–H groups in total. The summed E-state index contributed by atoms with van der Waals surface area (Å²) in [6, 6.07) is 24.2. The van der Waals surface area contributed by atoms with E-state index < -0.39 is 0 Å². The van der Waals surface area contributed by atoms with Crippen molar-refractivity contribution in [3.05, 3.63) is 113 Å². The maximum atomic E-state index is 13.8. The van der Waals surface area contributed by atoms with Crippen molar-refractivity contribution in [2.45, 2.75) is 13.5 Å². The molecule has 3 aromatic carbocycles. The number of aryl methyl sites for hydroxylation is 1. The van der Waals surface area contributed by atoms with E-state index in [1.54, 1.807) is 29.4 Å². The molecule has 7 heteroatoms. The highest BCUT2D eigenvalue weighted by molar-refractivity contribution is 7.22. The van der Waals surface area contributed by atoms with Crippen LogP contribution >= 0.6 is 22.9 Å². The molecule has 168 valence electrons. The lowest BCUT2D eigenvalue weighted by Crippen LogP contribution is -2.30. The van der Waals surface area contributed by atoms with Crippen LogP contribution in [0.2, 0.25) is 5.02 Å². The molecule has 0 saturated carbocycles. The molecular weight excluding hydrogens is 466 g/mol. The molecule has 0 radical (unpaired) electrons. The second-order valence-corrected chi connectivity index (χ2v) is 9.20. The van der Waals surface area contributed by atoms with Crippen molar-refractivity contribution in [1.82, 2.24) is 9.97 Å². The molecule has 0 spiro atoms. The van der Waals surface area contributed by atoms with Gasteiger partial charge in [0.15, 0.2) is 5.13 Å². The highest BCUT2D eigenvalue weighted by atomic mass is 35.5. The van der Waals surface area contributed by atoms with Gasteiger partial charge in [-0.05, 0) is 72.6 Å². The molecule has 0 aliphatic carbocycles. The quantitative estimate of drug-likeness (QED) is 0.253. The molecule has 5 aromatic rings. The lowest BCUT2D eigenvalue weighted by Gasteiger charge is -2.20. The third-order valence-corrected chi connectivity index (χ3v) is 6.51. The summed E-state index contributed by atoms with van der Waals surface area (Å²) in [6.45, 7) is 2.33. The summed E-state index contributed by atoms with van der Waals surface area (Å²) in [5.74, 6) is 1.13. The van der Waals surface area contributed by atoms with Crippen LogP contribution in [0.15, 0.2) is 91.3 Å². The molecule has 5 rings (SSSR count). The highest BCUT2D eigenvalue weighted by Gasteiger charge is 2.23. The number of ether oxygens (including phenoxy) is 1. The number of thiazole rings is 1. The number of nitrogens with zero attached hydrogens (tertiary/aromatic N) is 3. The lowest BCUT2D eigenvalue weighted by molar-refractivity contribution is 0.0985. The molecule has 2 aromatic heterocycles. The van der Waals surface area contributed by atoms with Gasteiger partial charge in [0.05, 0.1) is 16.8 Å². The van der Waals surface area contributed by atoms with E-state index in [4.69, 9.17) is 21.3 Å². The van der Waals surface area contributed by atoms with Gasteiger partial charge < -0.3 is 4.74 Å². The molecule has 0 aliphatic heterocycles. The van der Waals surface area contributed by atoms with Crippen LogP contribution in [0.5, 0.6) is 11.5 Å². The van der Waals surface area contributed by atoms with Crippen LogP contribution in [0.1, 0.15) is 21.5 Å². The summed E-state index contributed by atoms with van der Waals surface area (Å²) in [7, 11) is 0. The first-order valence-electron chi connectivity index (χ1n) is 10.7. The van der Waals surface area contributed by atoms with E-state index in [-0.39, 0.29) is 5.91 Å². The first-order chi connectivity index (χ1) is 16.6. The summed E-state index contributed by atoms with van der Waals surface area (Å²) in [6.07, 6.45) is 3.43. The predicted octanol–water partition coefficient (Wildman–Crippen LogP) is 7.29. The van der Waals surface area contributed by atoms with Crippen LogP contribution in [0.25, 0.3) is 10.2 Å². The first kappa shape index (κ1) is 22.1. The van der Waals surface area contributed by atoms with Gasteiger partial charge in [0.2, 0.25) is 0 Å². The standard InChI is InChI=1S/C27H20ClN3O2S/c1-18-14-21(28)16-24-25(18)30-27(34-24)31(17-19-10-12-29-13-11-19)26(32)20-6-5-9-23(15-20)33-22-7-3-2-4-8-22/h2-16H,17H2,1H3. The van der Waals surface area contributed by atoms with Crippen LogP contribution in [0.4, 0.5) is 5.13 Å². The Morgan fingerprint density at radius 2 is 1.74 bits per heavy atom. The number of pyridine rings is 1. The molecule has 0 fully saturated rings. The van der Waals surface area contributed by atoms with Gasteiger partial charge >= 0.3 is 0 Å². The number of anilines is 1. The topological polar surface area (TPSA) is 55.3 Å². The zero-order valence-corrected chi connectivity index (χ0v) is 19.9. The largest absolute Gasteiger partial charge is 0.457 e. The fourth-order valence-electron chi connectivity index (χ4n) is 3.63. The lowest BCUT2D eigenvalue weighted by atomic mass is 10.1. The summed E-state index contributed by atoms with van der Waals surface area (Å²) < 4.78 is 6.88. The molecule has 34 heavy (non-hydrogen) atoms. The average molecular weight is 486 g/mol. The number of halogens is 1.